The number of para-hydroxylation sites is 1. The molecule has 0 aromatic heterocycles. The van der Waals surface area contributed by atoms with E-state index in [1.807, 2.05) is 54.6 Å². The summed E-state index contributed by atoms with van der Waals surface area (Å²) in [6, 6.07) is 62.9. The fraction of sp³-hybridized carbons (Fsp3) is 0. The third-order valence-electron chi connectivity index (χ3n) is 8.87. The van der Waals surface area contributed by atoms with Gasteiger partial charge in [-0.2, -0.15) is 0 Å². The molecule has 0 spiro atoms. The maximum Gasteiger partial charge on any atom is 0.0711 e. The van der Waals surface area contributed by atoms with Crippen LogP contribution in [0, 0.1) is 5.41 Å². The van der Waals surface area contributed by atoms with Crippen LogP contribution in [0.5, 0.6) is 0 Å². The van der Waals surface area contributed by atoms with Crippen molar-refractivity contribution in [1.29, 1.82) is 5.41 Å². The first kappa shape index (κ1) is 29.0. The number of anilines is 3. The lowest BCUT2D eigenvalue weighted by atomic mass is 9.87. The average Bonchev–Trinajstić information content (AvgIpc) is 3.17. The Balaban J connectivity index is 1.45. The lowest BCUT2D eigenvalue weighted by molar-refractivity contribution is 1.20. The van der Waals surface area contributed by atoms with Crippen LogP contribution in [0.25, 0.3) is 33.8 Å². The van der Waals surface area contributed by atoms with Crippen LogP contribution >= 0.6 is 0 Å². The Morgan fingerprint density at radius 1 is 0.500 bits per heavy atom. The molecule has 0 aliphatic carbocycles. The average molecular weight is 616 g/mol. The van der Waals surface area contributed by atoms with Gasteiger partial charge in [0.2, 0.25) is 0 Å². The molecule has 7 aromatic rings. The minimum atomic E-state index is 0.462. The highest BCUT2D eigenvalue weighted by Crippen LogP contribution is 2.45. The van der Waals surface area contributed by atoms with Crippen LogP contribution in [0.4, 0.5) is 17.1 Å². The highest BCUT2D eigenvalue weighted by molar-refractivity contribution is 6.36. The molecule has 2 N–H and O–H groups in total. The van der Waals surface area contributed by atoms with E-state index in [2.05, 4.69) is 144 Å². The Morgan fingerprint density at radius 2 is 1.06 bits per heavy atom. The quantitative estimate of drug-likeness (QED) is 0.175. The van der Waals surface area contributed by atoms with Crippen LogP contribution in [-0.2, 0) is 0 Å². The summed E-state index contributed by atoms with van der Waals surface area (Å²) in [6.45, 7) is 0. The van der Waals surface area contributed by atoms with Crippen molar-refractivity contribution >= 4 is 56.6 Å². The molecule has 0 amide bonds. The van der Waals surface area contributed by atoms with Gasteiger partial charge in [-0.15, -0.1) is 0 Å². The van der Waals surface area contributed by atoms with Crippen LogP contribution in [0.1, 0.15) is 27.8 Å². The number of hydrogen-bond donors (Lipinski definition) is 2. The van der Waals surface area contributed by atoms with Crippen LogP contribution in [0.2, 0.25) is 0 Å². The molecule has 0 atom stereocenters. The van der Waals surface area contributed by atoms with Gasteiger partial charge in [-0.25, -0.2) is 0 Å². The van der Waals surface area contributed by atoms with Gasteiger partial charge in [0, 0.05) is 39.0 Å². The Hall–Kier alpha value is -6.45. The van der Waals surface area contributed by atoms with Crippen LogP contribution in [-0.4, -0.2) is 5.71 Å². The highest BCUT2D eigenvalue weighted by Gasteiger charge is 2.27. The van der Waals surface area contributed by atoms with Crippen LogP contribution in [0.3, 0.4) is 0 Å². The molecule has 7 aromatic carbocycles. The molecule has 0 bridgehead atoms. The maximum absolute atomic E-state index is 9.64. The summed E-state index contributed by atoms with van der Waals surface area (Å²) in [5.41, 5.74) is 11.4. The molecule has 8 rings (SSSR count). The van der Waals surface area contributed by atoms with Gasteiger partial charge in [0.05, 0.1) is 22.8 Å². The number of hydrogen-bond acceptors (Lipinski definition) is 3. The van der Waals surface area contributed by atoms with Gasteiger partial charge in [-0.3, -0.25) is 5.41 Å². The first-order chi connectivity index (χ1) is 23.8. The van der Waals surface area contributed by atoms with Gasteiger partial charge >= 0.3 is 0 Å². The van der Waals surface area contributed by atoms with Crippen molar-refractivity contribution in [1.82, 2.24) is 5.32 Å². The highest BCUT2D eigenvalue weighted by atomic mass is 15.1. The summed E-state index contributed by atoms with van der Waals surface area (Å²) >= 11 is 0. The smallest absolute Gasteiger partial charge is 0.0711 e. The Bertz CT molecular complexity index is 2300. The minimum absolute atomic E-state index is 0.462. The number of rotatable bonds is 7. The van der Waals surface area contributed by atoms with Crippen LogP contribution < -0.4 is 10.2 Å². The number of allylic oxidation sites excluding steroid dienone is 1. The van der Waals surface area contributed by atoms with Gasteiger partial charge in [0.15, 0.2) is 0 Å². The zero-order chi connectivity index (χ0) is 32.3. The van der Waals surface area contributed by atoms with Crippen molar-refractivity contribution < 1.29 is 0 Å². The zero-order valence-corrected chi connectivity index (χ0v) is 26.3. The van der Waals surface area contributed by atoms with Crippen molar-refractivity contribution in [2.75, 3.05) is 4.90 Å². The van der Waals surface area contributed by atoms with Crippen molar-refractivity contribution in [3.8, 4) is 0 Å². The summed E-state index contributed by atoms with van der Waals surface area (Å²) in [7, 11) is 0. The molecule has 48 heavy (non-hydrogen) atoms. The summed E-state index contributed by atoms with van der Waals surface area (Å²) < 4.78 is 0. The van der Waals surface area contributed by atoms with Crippen molar-refractivity contribution in [3.05, 3.63) is 210 Å². The molecule has 1 aliphatic heterocycles. The van der Waals surface area contributed by atoms with Gasteiger partial charge < -0.3 is 10.2 Å². The van der Waals surface area contributed by atoms with Crippen molar-refractivity contribution in [2.24, 2.45) is 0 Å². The monoisotopic (exact) mass is 615 g/mol. The fourth-order valence-corrected chi connectivity index (χ4v) is 6.63. The fourth-order valence-electron chi connectivity index (χ4n) is 6.63. The Morgan fingerprint density at radius 3 is 1.79 bits per heavy atom. The lowest BCUT2D eigenvalue weighted by Gasteiger charge is -2.32. The molecule has 3 nitrogen and oxygen atoms in total. The summed E-state index contributed by atoms with van der Waals surface area (Å²) in [4.78, 5) is 2.37. The maximum atomic E-state index is 9.64. The minimum Gasteiger partial charge on any atom is -0.354 e. The molecule has 0 saturated carbocycles. The molecule has 228 valence electrons. The molecule has 1 heterocycles. The van der Waals surface area contributed by atoms with Gasteiger partial charge in [-0.05, 0) is 46.9 Å². The molecule has 1 aliphatic rings. The summed E-state index contributed by atoms with van der Waals surface area (Å²) in [5.74, 6) is 0. The summed E-state index contributed by atoms with van der Waals surface area (Å²) in [6.07, 6.45) is 2.26. The standard InChI is InChI=1S/C45H33N3/c46-44(35-22-9-3-10-23-35)43(34-20-7-2-8-21-34)45-38-28-16-30-42(39(38)31-40(47-45)33-18-5-1-6-19-33)48(36-25-11-4-12-26-36)41-29-15-24-32-17-13-14-27-37(32)41/h1-31,46-47H/b45-43-,46-44?. The predicted molar refractivity (Wildman–Crippen MR) is 203 cm³/mol. The molecule has 0 radical (unpaired) electrons. The van der Waals surface area contributed by atoms with E-state index in [-0.39, 0.29) is 0 Å². The Labute approximate surface area is 281 Å². The van der Waals surface area contributed by atoms with Crippen LogP contribution in [0.15, 0.2) is 182 Å². The molecule has 0 unspecified atom stereocenters. The van der Waals surface area contributed by atoms with Gasteiger partial charge in [-0.1, -0.05) is 158 Å². The molecular formula is C45H33N3. The van der Waals surface area contributed by atoms with E-state index in [1.165, 1.54) is 10.8 Å². The second kappa shape index (κ2) is 12.7. The first-order valence-corrected chi connectivity index (χ1v) is 16.2. The van der Waals surface area contributed by atoms with Gasteiger partial charge in [0.25, 0.3) is 0 Å². The van der Waals surface area contributed by atoms with E-state index in [4.69, 9.17) is 0 Å². The molecule has 0 fully saturated rings. The third-order valence-corrected chi connectivity index (χ3v) is 8.87. The SMILES string of the molecule is N=C(/C(=C1\NC(c2ccccc2)=Cc2c1cccc2N(c1ccccc1)c1cccc2ccccc12)c1ccccc1)c1ccccc1. The topological polar surface area (TPSA) is 39.1 Å². The van der Waals surface area contributed by atoms with Gasteiger partial charge in [0.1, 0.15) is 0 Å². The van der Waals surface area contributed by atoms with E-state index < -0.39 is 0 Å². The number of nitrogens with one attached hydrogen (secondary N) is 2. The van der Waals surface area contributed by atoms with E-state index >= 15 is 0 Å². The molecule has 0 saturated heterocycles. The second-order valence-electron chi connectivity index (χ2n) is 11.8. The zero-order valence-electron chi connectivity index (χ0n) is 26.3. The lowest BCUT2D eigenvalue weighted by Crippen LogP contribution is -2.22. The first-order valence-electron chi connectivity index (χ1n) is 16.2. The second-order valence-corrected chi connectivity index (χ2v) is 11.8. The number of benzene rings is 7. The normalized spacial score (nSPS) is 13.2. The third kappa shape index (κ3) is 5.38. The Kier molecular flexibility index (Phi) is 7.70. The largest absolute Gasteiger partial charge is 0.354 e. The van der Waals surface area contributed by atoms with E-state index in [9.17, 15) is 5.41 Å². The van der Waals surface area contributed by atoms with E-state index in [0.717, 1.165) is 61.8 Å². The summed E-state index contributed by atoms with van der Waals surface area (Å²) in [5, 5.41) is 15.8. The van der Waals surface area contributed by atoms with Crippen molar-refractivity contribution in [3.63, 3.8) is 0 Å². The van der Waals surface area contributed by atoms with Crippen molar-refractivity contribution in [2.45, 2.75) is 0 Å². The van der Waals surface area contributed by atoms with E-state index in [0.29, 0.717) is 5.71 Å². The number of fused-ring (bicyclic) bond motifs is 2. The number of nitrogens with zero attached hydrogens (tertiary/aromatic N) is 1. The predicted octanol–water partition coefficient (Wildman–Crippen LogP) is 11.3. The molecule has 3 heteroatoms. The van der Waals surface area contributed by atoms with E-state index in [1.54, 1.807) is 0 Å². The molecular weight excluding hydrogens is 583 g/mol.